The van der Waals surface area contributed by atoms with Gasteiger partial charge in [-0.2, -0.15) is 0 Å². The maximum Gasteiger partial charge on any atom is 0.126 e. The molecule has 16 heavy (non-hydrogen) atoms. The Bertz CT molecular complexity index is 454. The Kier molecular flexibility index (Phi) is 3.64. The van der Waals surface area contributed by atoms with Crippen molar-refractivity contribution in [3.8, 4) is 0 Å². The van der Waals surface area contributed by atoms with Crippen molar-refractivity contribution in [3.63, 3.8) is 0 Å². The molecule has 1 aromatic carbocycles. The minimum absolute atomic E-state index is 0.145. The Hall–Kier alpha value is -1.26. The molecule has 0 saturated heterocycles. The molecule has 0 atom stereocenters. The lowest BCUT2D eigenvalue weighted by molar-refractivity contribution is 0.611. The van der Waals surface area contributed by atoms with Gasteiger partial charge in [0.1, 0.15) is 5.82 Å². The summed E-state index contributed by atoms with van der Waals surface area (Å²) in [4.78, 5) is 4.16. The summed E-state index contributed by atoms with van der Waals surface area (Å²) in [5, 5.41) is 5.23. The highest BCUT2D eigenvalue weighted by atomic mass is 32.1. The number of nitrogens with zero attached hydrogens (tertiary/aromatic N) is 1. The largest absolute Gasteiger partial charge is 0.307 e. The average molecular weight is 236 g/mol. The average Bonchev–Trinajstić information content (AvgIpc) is 2.76. The second-order valence-electron chi connectivity index (χ2n) is 3.67. The molecule has 1 aromatic heterocycles. The van der Waals surface area contributed by atoms with Crippen molar-refractivity contribution < 1.29 is 4.39 Å². The number of benzene rings is 1. The first kappa shape index (κ1) is 11.2. The molecule has 84 valence electrons. The fraction of sp³-hybridized carbons (Fsp3) is 0.250. The van der Waals surface area contributed by atoms with Gasteiger partial charge in [-0.1, -0.05) is 12.1 Å². The topological polar surface area (TPSA) is 24.9 Å². The van der Waals surface area contributed by atoms with Crippen molar-refractivity contribution in [2.24, 2.45) is 0 Å². The van der Waals surface area contributed by atoms with Gasteiger partial charge >= 0.3 is 0 Å². The van der Waals surface area contributed by atoms with E-state index in [0.29, 0.717) is 12.1 Å². The van der Waals surface area contributed by atoms with Crippen molar-refractivity contribution in [2.45, 2.75) is 20.0 Å². The number of hydrogen-bond acceptors (Lipinski definition) is 3. The lowest BCUT2D eigenvalue weighted by atomic mass is 10.1. The Morgan fingerprint density at radius 1 is 1.38 bits per heavy atom. The van der Waals surface area contributed by atoms with Crippen LogP contribution >= 0.6 is 11.3 Å². The number of thiazole rings is 1. The number of halogens is 1. The molecule has 0 aliphatic heterocycles. The van der Waals surface area contributed by atoms with Crippen molar-refractivity contribution in [1.82, 2.24) is 10.3 Å². The van der Waals surface area contributed by atoms with E-state index >= 15 is 0 Å². The van der Waals surface area contributed by atoms with Crippen LogP contribution in [0.2, 0.25) is 0 Å². The van der Waals surface area contributed by atoms with Crippen LogP contribution in [0, 0.1) is 12.7 Å². The SMILES string of the molecule is Cc1ccc(CNCc2cscn2)cc1F. The van der Waals surface area contributed by atoms with Crippen LogP contribution in [-0.4, -0.2) is 4.98 Å². The molecule has 0 unspecified atom stereocenters. The summed E-state index contributed by atoms with van der Waals surface area (Å²) in [6.45, 7) is 3.15. The Morgan fingerprint density at radius 3 is 2.94 bits per heavy atom. The van der Waals surface area contributed by atoms with Gasteiger partial charge in [-0.3, -0.25) is 0 Å². The lowest BCUT2D eigenvalue weighted by Crippen LogP contribution is -2.13. The normalized spacial score (nSPS) is 10.6. The summed E-state index contributed by atoms with van der Waals surface area (Å²) in [5.41, 5.74) is 4.47. The zero-order valence-electron chi connectivity index (χ0n) is 9.03. The van der Waals surface area contributed by atoms with Gasteiger partial charge in [0.2, 0.25) is 0 Å². The molecule has 0 spiro atoms. The van der Waals surface area contributed by atoms with Gasteiger partial charge in [-0.15, -0.1) is 11.3 Å². The summed E-state index contributed by atoms with van der Waals surface area (Å²) in [5.74, 6) is -0.145. The molecule has 0 aliphatic rings. The lowest BCUT2D eigenvalue weighted by Gasteiger charge is -2.04. The van der Waals surface area contributed by atoms with Crippen molar-refractivity contribution >= 4 is 11.3 Å². The summed E-state index contributed by atoms with van der Waals surface area (Å²) in [6.07, 6.45) is 0. The maximum atomic E-state index is 13.2. The van der Waals surface area contributed by atoms with Crippen LogP contribution in [0.3, 0.4) is 0 Å². The quantitative estimate of drug-likeness (QED) is 0.883. The van der Waals surface area contributed by atoms with Crippen LogP contribution in [0.15, 0.2) is 29.1 Å². The van der Waals surface area contributed by atoms with E-state index in [0.717, 1.165) is 17.8 Å². The van der Waals surface area contributed by atoms with Crippen LogP contribution in [0.5, 0.6) is 0 Å². The predicted molar refractivity (Wildman–Crippen MR) is 63.8 cm³/mol. The van der Waals surface area contributed by atoms with Gasteiger partial charge in [-0.05, 0) is 24.1 Å². The van der Waals surface area contributed by atoms with E-state index in [9.17, 15) is 4.39 Å². The number of rotatable bonds is 4. The van der Waals surface area contributed by atoms with Gasteiger partial charge in [0, 0.05) is 18.5 Å². The molecule has 0 radical (unpaired) electrons. The van der Waals surface area contributed by atoms with Crippen molar-refractivity contribution in [2.75, 3.05) is 0 Å². The molecule has 1 heterocycles. The monoisotopic (exact) mass is 236 g/mol. The molecular weight excluding hydrogens is 223 g/mol. The fourth-order valence-electron chi connectivity index (χ4n) is 1.41. The smallest absolute Gasteiger partial charge is 0.126 e. The minimum atomic E-state index is -0.145. The predicted octanol–water partition coefficient (Wildman–Crippen LogP) is 2.88. The molecule has 2 aromatic rings. The summed E-state index contributed by atoms with van der Waals surface area (Å²) >= 11 is 1.58. The van der Waals surface area contributed by atoms with Gasteiger partial charge in [0.15, 0.2) is 0 Å². The molecule has 0 saturated carbocycles. The molecular formula is C12H13FN2S. The highest BCUT2D eigenvalue weighted by Crippen LogP contribution is 2.09. The number of aromatic nitrogens is 1. The third-order valence-electron chi connectivity index (χ3n) is 2.35. The van der Waals surface area contributed by atoms with E-state index in [2.05, 4.69) is 10.3 Å². The van der Waals surface area contributed by atoms with Crippen LogP contribution in [0.25, 0.3) is 0 Å². The Labute approximate surface area is 98.2 Å². The van der Waals surface area contributed by atoms with Crippen LogP contribution in [0.1, 0.15) is 16.8 Å². The van der Waals surface area contributed by atoms with Crippen LogP contribution < -0.4 is 5.32 Å². The molecule has 2 rings (SSSR count). The Morgan fingerprint density at radius 2 is 2.25 bits per heavy atom. The summed E-state index contributed by atoms with van der Waals surface area (Å²) in [6, 6.07) is 5.31. The van der Waals surface area contributed by atoms with E-state index in [-0.39, 0.29) is 5.82 Å². The van der Waals surface area contributed by atoms with E-state index in [1.165, 1.54) is 0 Å². The van der Waals surface area contributed by atoms with Crippen LogP contribution in [0.4, 0.5) is 4.39 Å². The van der Waals surface area contributed by atoms with Crippen molar-refractivity contribution in [1.29, 1.82) is 0 Å². The first-order chi connectivity index (χ1) is 7.75. The van der Waals surface area contributed by atoms with E-state index in [4.69, 9.17) is 0 Å². The highest BCUT2D eigenvalue weighted by molar-refractivity contribution is 7.07. The number of nitrogens with one attached hydrogen (secondary N) is 1. The van der Waals surface area contributed by atoms with E-state index < -0.39 is 0 Å². The van der Waals surface area contributed by atoms with Gasteiger partial charge < -0.3 is 5.32 Å². The minimum Gasteiger partial charge on any atom is -0.307 e. The summed E-state index contributed by atoms with van der Waals surface area (Å²) < 4.78 is 13.2. The zero-order chi connectivity index (χ0) is 11.4. The Balaban J connectivity index is 1.87. The zero-order valence-corrected chi connectivity index (χ0v) is 9.85. The first-order valence-electron chi connectivity index (χ1n) is 5.08. The highest BCUT2D eigenvalue weighted by Gasteiger charge is 1.99. The molecule has 0 amide bonds. The van der Waals surface area contributed by atoms with Gasteiger partial charge in [0.25, 0.3) is 0 Å². The second kappa shape index (κ2) is 5.18. The summed E-state index contributed by atoms with van der Waals surface area (Å²) in [7, 11) is 0. The van der Waals surface area contributed by atoms with E-state index in [1.807, 2.05) is 17.0 Å². The van der Waals surface area contributed by atoms with Gasteiger partial charge in [-0.25, -0.2) is 9.37 Å². The molecule has 0 fully saturated rings. The standard InChI is InChI=1S/C12H13FN2S/c1-9-2-3-10(4-12(9)13)5-14-6-11-7-16-8-15-11/h2-4,7-8,14H,5-6H2,1H3. The third kappa shape index (κ3) is 2.87. The van der Waals surface area contributed by atoms with Crippen molar-refractivity contribution in [3.05, 3.63) is 51.7 Å². The number of aryl methyl sites for hydroxylation is 1. The molecule has 4 heteroatoms. The third-order valence-corrected chi connectivity index (χ3v) is 2.99. The van der Waals surface area contributed by atoms with E-state index in [1.54, 1.807) is 30.4 Å². The first-order valence-corrected chi connectivity index (χ1v) is 6.03. The van der Waals surface area contributed by atoms with Gasteiger partial charge in [0.05, 0.1) is 11.2 Å². The number of hydrogen-bond donors (Lipinski definition) is 1. The molecule has 1 N–H and O–H groups in total. The van der Waals surface area contributed by atoms with Crippen LogP contribution in [-0.2, 0) is 13.1 Å². The fourth-order valence-corrected chi connectivity index (χ4v) is 1.96. The maximum absolute atomic E-state index is 13.2. The molecule has 2 nitrogen and oxygen atoms in total. The second-order valence-corrected chi connectivity index (χ2v) is 4.39. The molecule has 0 bridgehead atoms. The molecule has 0 aliphatic carbocycles.